The fraction of sp³-hybridized carbons (Fsp3) is 0.600. The van der Waals surface area contributed by atoms with Gasteiger partial charge in [-0.05, 0) is 44.9 Å². The van der Waals surface area contributed by atoms with Crippen LogP contribution in [0.15, 0.2) is 28.7 Å². The Kier molecular flexibility index (Phi) is 6.37. The highest BCUT2D eigenvalue weighted by molar-refractivity contribution is 9.10. The van der Waals surface area contributed by atoms with E-state index in [1.54, 1.807) is 0 Å². The van der Waals surface area contributed by atoms with E-state index in [0.717, 1.165) is 17.3 Å². The Morgan fingerprint density at radius 1 is 1.26 bits per heavy atom. The van der Waals surface area contributed by atoms with Crippen molar-refractivity contribution in [2.45, 2.75) is 51.3 Å². The molecule has 0 fully saturated rings. The second-order valence-corrected chi connectivity index (χ2v) is 8.98. The Hall–Kier alpha value is -0.0300. The summed E-state index contributed by atoms with van der Waals surface area (Å²) in [6.45, 7) is 8.22. The van der Waals surface area contributed by atoms with Crippen molar-refractivity contribution in [2.75, 3.05) is 7.05 Å². The van der Waals surface area contributed by atoms with Crippen LogP contribution in [0.2, 0.25) is 0 Å². The second-order valence-electron chi connectivity index (χ2n) is 5.76. The van der Waals surface area contributed by atoms with Gasteiger partial charge in [-0.2, -0.15) is 0 Å². The van der Waals surface area contributed by atoms with E-state index >= 15 is 0 Å². The van der Waals surface area contributed by atoms with Crippen LogP contribution in [-0.4, -0.2) is 20.7 Å². The van der Waals surface area contributed by atoms with E-state index < -0.39 is 11.4 Å². The molecule has 4 heteroatoms. The average Bonchev–Trinajstić information content (AvgIpc) is 2.34. The van der Waals surface area contributed by atoms with Gasteiger partial charge < -0.3 is 4.55 Å². The third-order valence-electron chi connectivity index (χ3n) is 3.04. The van der Waals surface area contributed by atoms with Crippen molar-refractivity contribution in [3.05, 3.63) is 34.3 Å². The molecule has 2 nitrogen and oxygen atoms in total. The smallest absolute Gasteiger partial charge is 0.137 e. The summed E-state index contributed by atoms with van der Waals surface area (Å²) in [6.07, 6.45) is 2.09. The molecule has 1 aromatic carbocycles. The van der Waals surface area contributed by atoms with Crippen molar-refractivity contribution in [1.82, 2.24) is 4.31 Å². The fourth-order valence-electron chi connectivity index (χ4n) is 2.06. The first kappa shape index (κ1) is 17.0. The molecule has 0 aliphatic rings. The number of benzene rings is 1. The summed E-state index contributed by atoms with van der Waals surface area (Å²) in [4.78, 5) is 0. The van der Waals surface area contributed by atoms with E-state index in [1.807, 2.05) is 44.3 Å². The van der Waals surface area contributed by atoms with E-state index in [-0.39, 0.29) is 10.8 Å². The predicted octanol–water partition coefficient (Wildman–Crippen LogP) is 4.68. The maximum atomic E-state index is 12.5. The molecule has 0 aliphatic heterocycles. The van der Waals surface area contributed by atoms with Crippen LogP contribution < -0.4 is 0 Å². The maximum Gasteiger partial charge on any atom is 0.137 e. The molecule has 0 radical (unpaired) electrons. The molecule has 2 unspecified atom stereocenters. The van der Waals surface area contributed by atoms with Crippen molar-refractivity contribution < 1.29 is 4.55 Å². The van der Waals surface area contributed by atoms with Crippen LogP contribution in [0.4, 0.5) is 0 Å². The van der Waals surface area contributed by atoms with Gasteiger partial charge in [-0.15, -0.1) is 4.31 Å². The van der Waals surface area contributed by atoms with Gasteiger partial charge in [-0.3, -0.25) is 0 Å². The van der Waals surface area contributed by atoms with Crippen LogP contribution in [0.5, 0.6) is 0 Å². The molecule has 0 spiro atoms. The lowest BCUT2D eigenvalue weighted by molar-refractivity contribution is 0.344. The quantitative estimate of drug-likeness (QED) is 0.724. The summed E-state index contributed by atoms with van der Waals surface area (Å²) in [6, 6.07) is 8.53. The second kappa shape index (κ2) is 7.11. The van der Waals surface area contributed by atoms with Gasteiger partial charge in [0.15, 0.2) is 0 Å². The maximum absolute atomic E-state index is 12.5. The standard InChI is InChI=1S/C15H24BrNOS/c1-6-7-14(12-8-10-13(16)11-9-12)17(5)19(18)15(2,3)4/h8-11,14H,6-7H2,1-5H3. The van der Waals surface area contributed by atoms with Crippen molar-refractivity contribution in [3.8, 4) is 0 Å². The van der Waals surface area contributed by atoms with Crippen molar-refractivity contribution in [3.63, 3.8) is 0 Å². The third-order valence-corrected chi connectivity index (χ3v) is 5.40. The molecule has 0 saturated heterocycles. The Bertz CT molecular complexity index is 388. The summed E-state index contributed by atoms with van der Waals surface area (Å²) >= 11 is 2.46. The van der Waals surface area contributed by atoms with E-state index in [0.29, 0.717) is 0 Å². The highest BCUT2D eigenvalue weighted by atomic mass is 79.9. The highest BCUT2D eigenvalue weighted by Gasteiger charge is 2.35. The van der Waals surface area contributed by atoms with Crippen LogP contribution >= 0.6 is 15.9 Å². The Labute approximate surface area is 129 Å². The van der Waals surface area contributed by atoms with Gasteiger partial charge in [0.2, 0.25) is 0 Å². The topological polar surface area (TPSA) is 26.3 Å². The van der Waals surface area contributed by atoms with Gasteiger partial charge in [0.25, 0.3) is 0 Å². The van der Waals surface area contributed by atoms with Gasteiger partial charge in [0.1, 0.15) is 4.75 Å². The van der Waals surface area contributed by atoms with E-state index in [2.05, 4.69) is 35.0 Å². The van der Waals surface area contributed by atoms with Gasteiger partial charge in [-0.1, -0.05) is 41.4 Å². The highest BCUT2D eigenvalue weighted by Crippen LogP contribution is 2.32. The first-order valence-corrected chi connectivity index (χ1v) is 8.57. The zero-order chi connectivity index (χ0) is 14.6. The van der Waals surface area contributed by atoms with E-state index in [4.69, 9.17) is 0 Å². The third kappa shape index (κ3) is 4.78. The average molecular weight is 346 g/mol. The number of hydrogen-bond acceptors (Lipinski definition) is 2. The predicted molar refractivity (Wildman–Crippen MR) is 87.4 cm³/mol. The van der Waals surface area contributed by atoms with Crippen molar-refractivity contribution >= 4 is 27.3 Å². The first-order chi connectivity index (χ1) is 8.77. The molecule has 108 valence electrons. The first-order valence-electron chi connectivity index (χ1n) is 6.67. The molecule has 0 heterocycles. The monoisotopic (exact) mass is 345 g/mol. The van der Waals surface area contributed by atoms with Gasteiger partial charge in [0.05, 0.1) is 6.04 Å². The molecular formula is C15H24BrNOS. The number of hydrogen-bond donors (Lipinski definition) is 0. The largest absolute Gasteiger partial charge is 0.597 e. The fourth-order valence-corrected chi connectivity index (χ4v) is 3.65. The SMILES string of the molecule is CCCC(c1ccc(Br)cc1)N(C)[S+]([O-])C(C)(C)C. The molecule has 0 N–H and O–H groups in total. The number of nitrogens with zero attached hydrogens (tertiary/aromatic N) is 1. The zero-order valence-electron chi connectivity index (χ0n) is 12.4. The molecule has 0 aliphatic carbocycles. The van der Waals surface area contributed by atoms with Crippen LogP contribution in [0.25, 0.3) is 0 Å². The van der Waals surface area contributed by atoms with Crippen LogP contribution in [0.1, 0.15) is 52.1 Å². The summed E-state index contributed by atoms with van der Waals surface area (Å²) in [5.41, 5.74) is 1.23. The van der Waals surface area contributed by atoms with E-state index in [1.165, 1.54) is 5.56 Å². The Morgan fingerprint density at radius 2 is 1.79 bits per heavy atom. The molecule has 0 amide bonds. The molecule has 0 saturated carbocycles. The van der Waals surface area contributed by atoms with Gasteiger partial charge >= 0.3 is 0 Å². The Morgan fingerprint density at radius 3 is 2.21 bits per heavy atom. The minimum Gasteiger partial charge on any atom is -0.597 e. The molecular weight excluding hydrogens is 322 g/mol. The zero-order valence-corrected chi connectivity index (χ0v) is 14.8. The summed E-state index contributed by atoms with van der Waals surface area (Å²) in [5.74, 6) is 0. The molecule has 1 rings (SSSR count). The number of rotatable bonds is 5. The van der Waals surface area contributed by atoms with Crippen LogP contribution in [0.3, 0.4) is 0 Å². The normalized spacial score (nSPS) is 15.6. The Balaban J connectivity index is 2.97. The van der Waals surface area contributed by atoms with Gasteiger partial charge in [-0.25, -0.2) is 0 Å². The van der Waals surface area contributed by atoms with Crippen LogP contribution in [-0.2, 0) is 11.4 Å². The van der Waals surface area contributed by atoms with E-state index in [9.17, 15) is 4.55 Å². The summed E-state index contributed by atoms with van der Waals surface area (Å²) < 4.78 is 15.4. The molecule has 0 aromatic heterocycles. The minimum atomic E-state index is -0.998. The van der Waals surface area contributed by atoms with Crippen LogP contribution in [0, 0.1) is 0 Å². The van der Waals surface area contributed by atoms with Crippen molar-refractivity contribution in [2.24, 2.45) is 0 Å². The van der Waals surface area contributed by atoms with Crippen molar-refractivity contribution in [1.29, 1.82) is 0 Å². The lowest BCUT2D eigenvalue weighted by Gasteiger charge is -2.35. The molecule has 1 aromatic rings. The minimum absolute atomic E-state index is 0.207. The molecule has 0 bridgehead atoms. The molecule has 19 heavy (non-hydrogen) atoms. The summed E-state index contributed by atoms with van der Waals surface area (Å²) in [5, 5.41) is 0. The van der Waals surface area contributed by atoms with Gasteiger partial charge in [0, 0.05) is 22.9 Å². The molecule has 2 atom stereocenters. The lowest BCUT2D eigenvalue weighted by Crippen LogP contribution is -2.42. The number of halogens is 1. The lowest BCUT2D eigenvalue weighted by atomic mass is 10.0. The summed E-state index contributed by atoms with van der Waals surface area (Å²) in [7, 11) is 1.96.